The molecule has 0 aliphatic heterocycles. The van der Waals surface area contributed by atoms with Crippen molar-refractivity contribution in [2.45, 2.75) is 63.9 Å². The number of hydrogen-bond donors (Lipinski definition) is 1. The zero-order valence-electron chi connectivity index (χ0n) is 15.7. The highest BCUT2D eigenvalue weighted by Gasteiger charge is 2.39. The van der Waals surface area contributed by atoms with E-state index in [4.69, 9.17) is 0 Å². The molecule has 0 saturated carbocycles. The normalized spacial score (nSPS) is 21.9. The van der Waals surface area contributed by atoms with E-state index in [2.05, 4.69) is 33.7 Å². The highest BCUT2D eigenvalue weighted by molar-refractivity contribution is 9.12. The maximum Gasteiger partial charge on any atom is 0.305 e. The van der Waals surface area contributed by atoms with Crippen molar-refractivity contribution >= 4 is 27.7 Å². The van der Waals surface area contributed by atoms with Crippen LogP contribution in [0, 0.1) is 0 Å². The SMILES string of the molecule is CCCCCC=CC[C@@]1(O)C=C(Br)C(=O)C1=CC=CCCCC(=O)OC. The number of ketones is 1. The third-order valence-electron chi connectivity index (χ3n) is 4.24. The van der Waals surface area contributed by atoms with E-state index in [0.717, 1.165) is 12.8 Å². The summed E-state index contributed by atoms with van der Waals surface area (Å²) in [4.78, 5) is 23.3. The Bertz CT molecular complexity index is 601. The zero-order chi connectivity index (χ0) is 19.4. The Morgan fingerprint density at radius 3 is 2.65 bits per heavy atom. The third kappa shape index (κ3) is 7.42. The first-order valence-corrected chi connectivity index (χ1v) is 9.98. The summed E-state index contributed by atoms with van der Waals surface area (Å²) in [7, 11) is 1.37. The van der Waals surface area contributed by atoms with Gasteiger partial charge < -0.3 is 9.84 Å². The lowest BCUT2D eigenvalue weighted by Crippen LogP contribution is -2.27. The summed E-state index contributed by atoms with van der Waals surface area (Å²) in [5.41, 5.74) is -0.903. The van der Waals surface area contributed by atoms with E-state index in [0.29, 0.717) is 35.7 Å². The number of halogens is 1. The maximum atomic E-state index is 12.3. The molecule has 0 unspecified atom stereocenters. The molecule has 5 heteroatoms. The number of unbranched alkanes of at least 4 members (excludes halogenated alkanes) is 4. The zero-order valence-corrected chi connectivity index (χ0v) is 17.3. The molecule has 0 amide bonds. The topological polar surface area (TPSA) is 63.6 Å². The Hall–Kier alpha value is -1.46. The summed E-state index contributed by atoms with van der Waals surface area (Å²) in [5.74, 6) is -0.415. The fourth-order valence-corrected chi connectivity index (χ4v) is 3.28. The number of methoxy groups -OCH3 is 1. The van der Waals surface area contributed by atoms with Crippen LogP contribution in [-0.4, -0.2) is 29.6 Å². The molecule has 0 aromatic rings. The van der Waals surface area contributed by atoms with Gasteiger partial charge >= 0.3 is 5.97 Å². The van der Waals surface area contributed by atoms with Crippen LogP contribution in [0.25, 0.3) is 0 Å². The fourth-order valence-electron chi connectivity index (χ4n) is 2.69. The number of carbonyl (C=O) groups excluding carboxylic acids is 2. The number of Topliss-reactive ketones (excluding diaryl/α,β-unsaturated/α-hetero) is 1. The lowest BCUT2D eigenvalue weighted by atomic mass is 9.92. The van der Waals surface area contributed by atoms with Gasteiger partial charge in [-0.3, -0.25) is 9.59 Å². The summed E-state index contributed by atoms with van der Waals surface area (Å²) in [6.45, 7) is 2.17. The number of aliphatic hydroxyl groups is 1. The van der Waals surface area contributed by atoms with Crippen molar-refractivity contribution in [2.75, 3.05) is 7.11 Å². The molecule has 4 nitrogen and oxygen atoms in total. The minimum atomic E-state index is -1.27. The molecule has 26 heavy (non-hydrogen) atoms. The molecule has 144 valence electrons. The molecule has 1 rings (SSSR count). The average Bonchev–Trinajstić information content (AvgIpc) is 2.83. The molecule has 0 saturated heterocycles. The summed E-state index contributed by atoms with van der Waals surface area (Å²) >= 11 is 3.23. The average molecular weight is 425 g/mol. The molecule has 1 atom stereocenters. The largest absolute Gasteiger partial charge is 0.469 e. The van der Waals surface area contributed by atoms with Crippen molar-refractivity contribution in [3.63, 3.8) is 0 Å². The quantitative estimate of drug-likeness (QED) is 0.221. The Morgan fingerprint density at radius 2 is 1.96 bits per heavy atom. The first-order valence-electron chi connectivity index (χ1n) is 9.19. The standard InChI is InChI=1S/C21H29BrO4/c1-3-4-5-6-9-12-15-21(25)16-18(22)20(24)17(21)13-10-7-8-11-14-19(23)26-2/h7,9-10,12-13,16,25H,3-6,8,11,14-15H2,1-2H3/t21-/m1/s1. The molecular formula is C21H29BrO4. The van der Waals surface area contributed by atoms with Gasteiger partial charge in [-0.1, -0.05) is 50.1 Å². The molecule has 1 aliphatic carbocycles. The highest BCUT2D eigenvalue weighted by atomic mass is 79.9. The third-order valence-corrected chi connectivity index (χ3v) is 4.83. The number of allylic oxidation sites excluding steroid dienone is 5. The second-order valence-electron chi connectivity index (χ2n) is 6.39. The number of rotatable bonds is 11. The van der Waals surface area contributed by atoms with Gasteiger partial charge in [-0.05, 0) is 47.7 Å². The molecular weight excluding hydrogens is 396 g/mol. The van der Waals surface area contributed by atoms with E-state index < -0.39 is 5.60 Å². The predicted octanol–water partition coefficient (Wildman–Crippen LogP) is 4.93. The number of hydrogen-bond acceptors (Lipinski definition) is 4. The second-order valence-corrected chi connectivity index (χ2v) is 7.25. The first kappa shape index (κ1) is 22.6. The predicted molar refractivity (Wildman–Crippen MR) is 108 cm³/mol. The van der Waals surface area contributed by atoms with Crippen molar-refractivity contribution in [3.8, 4) is 0 Å². The minimum Gasteiger partial charge on any atom is -0.469 e. The summed E-state index contributed by atoms with van der Waals surface area (Å²) < 4.78 is 4.98. The molecule has 0 radical (unpaired) electrons. The van der Waals surface area contributed by atoms with Crippen molar-refractivity contribution in [1.29, 1.82) is 0 Å². The summed E-state index contributed by atoms with van der Waals surface area (Å²) in [6.07, 6.45) is 17.5. The van der Waals surface area contributed by atoms with E-state index >= 15 is 0 Å². The second kappa shape index (κ2) is 12.0. The fraction of sp³-hybridized carbons (Fsp3) is 0.524. The van der Waals surface area contributed by atoms with Gasteiger partial charge in [-0.15, -0.1) is 0 Å². The number of ether oxygens (including phenoxy) is 1. The van der Waals surface area contributed by atoms with E-state index in [9.17, 15) is 14.7 Å². The van der Waals surface area contributed by atoms with Gasteiger partial charge in [0.05, 0.1) is 11.6 Å². The van der Waals surface area contributed by atoms with E-state index in [1.54, 1.807) is 18.2 Å². The molecule has 1 N–H and O–H groups in total. The molecule has 0 bridgehead atoms. The lowest BCUT2D eigenvalue weighted by Gasteiger charge is -2.20. The Morgan fingerprint density at radius 1 is 1.23 bits per heavy atom. The van der Waals surface area contributed by atoms with Gasteiger partial charge in [0, 0.05) is 18.4 Å². The van der Waals surface area contributed by atoms with Crippen LogP contribution in [0.3, 0.4) is 0 Å². The van der Waals surface area contributed by atoms with Gasteiger partial charge in [0.1, 0.15) is 5.60 Å². The van der Waals surface area contributed by atoms with Crippen molar-refractivity contribution in [1.82, 2.24) is 0 Å². The smallest absolute Gasteiger partial charge is 0.305 e. The molecule has 0 aromatic heterocycles. The summed E-state index contributed by atoms with van der Waals surface area (Å²) in [6, 6.07) is 0. The monoisotopic (exact) mass is 424 g/mol. The highest BCUT2D eigenvalue weighted by Crippen LogP contribution is 2.36. The number of carbonyl (C=O) groups is 2. The van der Waals surface area contributed by atoms with Crippen molar-refractivity contribution < 1.29 is 19.4 Å². The Balaban J connectivity index is 2.62. The van der Waals surface area contributed by atoms with Crippen LogP contribution >= 0.6 is 15.9 Å². The van der Waals surface area contributed by atoms with Crippen LogP contribution < -0.4 is 0 Å². The van der Waals surface area contributed by atoms with E-state index in [1.165, 1.54) is 20.0 Å². The molecule has 1 aliphatic rings. The maximum absolute atomic E-state index is 12.3. The van der Waals surface area contributed by atoms with Crippen LogP contribution in [0.15, 0.2) is 46.5 Å². The molecule has 0 aromatic carbocycles. The number of esters is 1. The van der Waals surface area contributed by atoms with Crippen LogP contribution in [0.1, 0.15) is 58.3 Å². The molecule has 0 spiro atoms. The molecule has 0 heterocycles. The van der Waals surface area contributed by atoms with Crippen LogP contribution in [0.2, 0.25) is 0 Å². The first-order chi connectivity index (χ1) is 12.4. The van der Waals surface area contributed by atoms with Crippen LogP contribution in [-0.2, 0) is 14.3 Å². The van der Waals surface area contributed by atoms with Gasteiger partial charge in [-0.2, -0.15) is 0 Å². The van der Waals surface area contributed by atoms with E-state index in [1.807, 2.05) is 12.2 Å². The lowest BCUT2D eigenvalue weighted by molar-refractivity contribution is -0.140. The summed E-state index contributed by atoms with van der Waals surface area (Å²) in [5, 5.41) is 10.9. The Labute approximate surface area is 164 Å². The van der Waals surface area contributed by atoms with Crippen molar-refractivity contribution in [2.24, 2.45) is 0 Å². The van der Waals surface area contributed by atoms with Crippen LogP contribution in [0.4, 0.5) is 0 Å². The van der Waals surface area contributed by atoms with Crippen LogP contribution in [0.5, 0.6) is 0 Å². The Kier molecular flexibility index (Phi) is 10.4. The van der Waals surface area contributed by atoms with E-state index in [-0.39, 0.29) is 11.8 Å². The minimum absolute atomic E-state index is 0.189. The van der Waals surface area contributed by atoms with Gasteiger partial charge in [-0.25, -0.2) is 0 Å². The van der Waals surface area contributed by atoms with Crippen molar-refractivity contribution in [3.05, 3.63) is 46.5 Å². The van der Waals surface area contributed by atoms with Gasteiger partial charge in [0.2, 0.25) is 0 Å². The van der Waals surface area contributed by atoms with Gasteiger partial charge in [0.25, 0.3) is 0 Å². The van der Waals surface area contributed by atoms with Gasteiger partial charge in [0.15, 0.2) is 5.78 Å². The molecule has 0 fully saturated rings.